The molecular formula is C28H46N5NaO10S2. The topological polar surface area (TPSA) is 277 Å². The van der Waals surface area contributed by atoms with Crippen LogP contribution < -0.4 is 46.3 Å². The van der Waals surface area contributed by atoms with Gasteiger partial charge in [-0.25, -0.2) is 9.59 Å². The van der Waals surface area contributed by atoms with Crippen molar-refractivity contribution in [1.82, 2.24) is 10.2 Å². The first-order valence-electron chi connectivity index (χ1n) is 14.2. The van der Waals surface area contributed by atoms with Crippen molar-refractivity contribution in [2.75, 3.05) is 23.8 Å². The number of hydrogen-bond donors (Lipinski definition) is 7. The molecule has 0 aromatic rings. The van der Waals surface area contributed by atoms with Gasteiger partial charge in [-0.15, -0.1) is 11.8 Å². The average Bonchev–Trinajstić information content (AvgIpc) is 3.46. The maximum Gasteiger partial charge on any atom is 1.00 e. The minimum Gasteiger partial charge on any atom is -1.00 e. The van der Waals surface area contributed by atoms with E-state index in [4.69, 9.17) is 21.7 Å². The van der Waals surface area contributed by atoms with Crippen molar-refractivity contribution in [2.45, 2.75) is 71.1 Å². The van der Waals surface area contributed by atoms with Gasteiger partial charge in [-0.05, 0) is 43.8 Å². The van der Waals surface area contributed by atoms with Crippen LogP contribution in [0.4, 0.5) is 0 Å². The van der Waals surface area contributed by atoms with Gasteiger partial charge in [0.25, 0.3) is 0 Å². The number of carboxylic acid groups (broad SMARTS) is 3. The second-order valence-electron chi connectivity index (χ2n) is 11.4. The number of aliphatic hydroxyl groups excluding tert-OH is 1. The molecule has 0 radical (unpaired) electrons. The van der Waals surface area contributed by atoms with E-state index in [0.29, 0.717) is 35.8 Å². The van der Waals surface area contributed by atoms with Crippen LogP contribution in [0.25, 0.3) is 0 Å². The van der Waals surface area contributed by atoms with Crippen molar-refractivity contribution in [2.24, 2.45) is 33.7 Å². The first-order valence-corrected chi connectivity index (χ1v) is 16.4. The van der Waals surface area contributed by atoms with Crippen molar-refractivity contribution in [3.8, 4) is 0 Å². The number of aliphatic hydroxyl groups is 1. The summed E-state index contributed by atoms with van der Waals surface area (Å²) >= 11 is 2.84. The second kappa shape index (κ2) is 20.3. The third-order valence-electron chi connectivity index (χ3n) is 7.52. The molecule has 5 atom stereocenters. The van der Waals surface area contributed by atoms with Gasteiger partial charge in [0.15, 0.2) is 0 Å². The Morgan fingerprint density at radius 2 is 1.83 bits per heavy atom. The summed E-state index contributed by atoms with van der Waals surface area (Å²) in [6.45, 7) is 6.02. The van der Waals surface area contributed by atoms with Crippen LogP contribution in [-0.2, 0) is 24.0 Å². The van der Waals surface area contributed by atoms with Gasteiger partial charge < -0.3 is 49.0 Å². The van der Waals surface area contributed by atoms with Gasteiger partial charge in [0.1, 0.15) is 17.4 Å². The Bertz CT molecular complexity index is 1200. The van der Waals surface area contributed by atoms with Crippen molar-refractivity contribution in [3.05, 3.63) is 22.4 Å². The Morgan fingerprint density at radius 3 is 2.33 bits per heavy atom. The average molecular weight is 700 g/mol. The summed E-state index contributed by atoms with van der Waals surface area (Å²) in [6.07, 6.45) is 5.37. The maximum absolute atomic E-state index is 12.0. The number of unbranched alkanes of at least 4 members (excludes halogenated alkanes) is 2. The molecule has 11 N–H and O–H groups in total. The minimum atomic E-state index is -1.14. The van der Waals surface area contributed by atoms with E-state index in [1.165, 1.54) is 40.8 Å². The zero-order chi connectivity index (χ0) is 33.2. The van der Waals surface area contributed by atoms with Crippen molar-refractivity contribution in [3.63, 3.8) is 0 Å². The van der Waals surface area contributed by atoms with Crippen LogP contribution >= 0.6 is 23.5 Å². The summed E-state index contributed by atoms with van der Waals surface area (Å²) in [5.74, 6) is -2.67. The number of carbonyl (C=O) groups is 5. The normalized spacial score (nSPS) is 22.3. The zero-order valence-electron chi connectivity index (χ0n) is 27.6. The zero-order valence-corrected chi connectivity index (χ0v) is 30.2. The van der Waals surface area contributed by atoms with Crippen LogP contribution in [0.2, 0.25) is 0 Å². The molecular weight excluding hydrogens is 653 g/mol. The van der Waals surface area contributed by atoms with Gasteiger partial charge in [-0.3, -0.25) is 19.4 Å². The van der Waals surface area contributed by atoms with Crippen LogP contribution in [0.1, 0.15) is 54.3 Å². The van der Waals surface area contributed by atoms with E-state index in [1.54, 1.807) is 6.92 Å². The predicted molar refractivity (Wildman–Crippen MR) is 172 cm³/mol. The van der Waals surface area contributed by atoms with Gasteiger partial charge in [0.05, 0.1) is 30.9 Å². The van der Waals surface area contributed by atoms with E-state index in [2.05, 4.69) is 10.3 Å². The monoisotopic (exact) mass is 699 g/mol. The third kappa shape index (κ3) is 12.5. The number of thioether (sulfide) groups is 2. The smallest absolute Gasteiger partial charge is 1.00 e. The third-order valence-corrected chi connectivity index (χ3v) is 9.78. The predicted octanol–water partition coefficient (Wildman–Crippen LogP) is -2.66. The van der Waals surface area contributed by atoms with Crippen molar-refractivity contribution < 1.29 is 80.9 Å². The molecule has 1 aliphatic carbocycles. The fourth-order valence-corrected chi connectivity index (χ4v) is 6.88. The van der Waals surface area contributed by atoms with Gasteiger partial charge in [0, 0.05) is 28.7 Å². The van der Waals surface area contributed by atoms with Crippen molar-refractivity contribution in [1.29, 1.82) is 0 Å². The number of carbonyl (C=O) groups excluding carboxylic acids is 2. The van der Waals surface area contributed by atoms with E-state index in [0.717, 1.165) is 25.0 Å². The molecule has 2 aliphatic heterocycles. The number of carboxylic acids is 3. The van der Waals surface area contributed by atoms with Gasteiger partial charge in [-0.2, -0.15) is 11.8 Å². The standard InChI is InChI=1S/C16H26N2O5S.C12H17N3O4S.Na.H2O.H/c1-16(2)8-10(16)13(19)18-12(15(22)23)6-4-3-5-7-24-9-11(17)14(20)21;1-6(16)9-7-4-8(20-3-2-14-5-13)10(12(18)19)15(7)11(9)17;;;/h6,10-11H,3-5,7-9,17H2,1-2H3,(H,18,19)(H,20,21)(H,22,23);5-7,9,16H,2-4H2,1H3,(H2,13,14)(H,18,19);;1H2;/q;;+1;;-1/b12-6-;;;;/t10-,11+;6-,7-,9-;;;/m11.../s1. The summed E-state index contributed by atoms with van der Waals surface area (Å²) in [4.78, 5) is 62.8. The van der Waals surface area contributed by atoms with E-state index in [1.807, 2.05) is 13.8 Å². The summed E-state index contributed by atoms with van der Waals surface area (Å²) in [5, 5.41) is 39.2. The molecule has 2 heterocycles. The number of β-lactam (4-membered cyclic amide) rings is 1. The molecule has 0 bridgehead atoms. The second-order valence-corrected chi connectivity index (χ2v) is 13.7. The van der Waals surface area contributed by atoms with Crippen LogP contribution in [0.15, 0.2) is 27.4 Å². The van der Waals surface area contributed by atoms with E-state index in [9.17, 15) is 34.2 Å². The molecule has 3 rings (SSSR count). The molecule has 0 spiro atoms. The molecule has 256 valence electrons. The van der Waals surface area contributed by atoms with Crippen LogP contribution in [0.5, 0.6) is 0 Å². The maximum atomic E-state index is 12.0. The number of aliphatic carboxylic acids is 3. The Balaban J connectivity index is 0. The number of amides is 2. The van der Waals surface area contributed by atoms with Crippen LogP contribution in [-0.4, -0.2) is 109 Å². The van der Waals surface area contributed by atoms with E-state index in [-0.39, 0.29) is 77.0 Å². The molecule has 0 aromatic carbocycles. The number of allylic oxidation sites excluding steroid dienone is 1. The van der Waals surface area contributed by atoms with Crippen LogP contribution in [0.3, 0.4) is 0 Å². The number of nitrogens with two attached hydrogens (primary N) is 2. The Labute approximate surface area is 300 Å². The molecule has 0 aromatic heterocycles. The number of fused-ring (bicyclic) bond motifs is 1. The number of nitrogens with zero attached hydrogens (tertiary/aromatic N) is 2. The van der Waals surface area contributed by atoms with Crippen LogP contribution in [0, 0.1) is 17.3 Å². The molecule has 1 saturated heterocycles. The molecule has 18 heteroatoms. The van der Waals surface area contributed by atoms with E-state index < -0.39 is 36.0 Å². The van der Waals surface area contributed by atoms with E-state index >= 15 is 0 Å². The molecule has 2 amide bonds. The Kier molecular flexibility index (Phi) is 19.4. The molecule has 1 saturated carbocycles. The first-order chi connectivity index (χ1) is 20.6. The fraction of sp³-hybridized carbons (Fsp3) is 0.643. The minimum absolute atomic E-state index is 0. The summed E-state index contributed by atoms with van der Waals surface area (Å²) in [6, 6.07) is -1.08. The summed E-state index contributed by atoms with van der Waals surface area (Å²) < 4.78 is 0. The number of rotatable bonds is 17. The van der Waals surface area contributed by atoms with Gasteiger partial charge in [0.2, 0.25) is 11.8 Å². The Morgan fingerprint density at radius 1 is 1.20 bits per heavy atom. The summed E-state index contributed by atoms with van der Waals surface area (Å²) in [5.41, 5.74) is 10.5. The quantitative estimate of drug-likeness (QED) is 0.0204. The summed E-state index contributed by atoms with van der Waals surface area (Å²) in [7, 11) is 0. The number of nitrogens with one attached hydrogen (secondary N) is 1. The molecule has 15 nitrogen and oxygen atoms in total. The first kappa shape index (κ1) is 43.9. The van der Waals surface area contributed by atoms with Gasteiger partial charge in [-0.1, -0.05) is 19.9 Å². The largest absolute Gasteiger partial charge is 1.00 e. The SMILES string of the molecule is CC1(C)C[C@@H]1C(=O)N/C(=C\CCCCSC[C@H](N)C(=O)O)C(=O)O.C[C@@H](O)[C@H]1C(=O)N2C(C(=O)O)=C(SCCN=CN)C[C@H]12.O.[H-].[Na+]. The fourth-order valence-electron chi connectivity index (χ4n) is 4.86. The molecule has 46 heavy (non-hydrogen) atoms. The number of hydrogen-bond acceptors (Lipinski definition) is 10. The molecule has 2 fully saturated rings. The van der Waals surface area contributed by atoms with Gasteiger partial charge >= 0.3 is 47.5 Å². The van der Waals surface area contributed by atoms with Crippen molar-refractivity contribution >= 4 is 59.6 Å². The molecule has 0 unspecified atom stereocenters. The molecule has 3 aliphatic rings. The number of aliphatic imine (C=N–C) groups is 1. The Hall–Kier alpha value is -2.12.